The summed E-state index contributed by atoms with van der Waals surface area (Å²) in [6.45, 7) is 9.72. The van der Waals surface area contributed by atoms with E-state index >= 15 is 0 Å². The van der Waals surface area contributed by atoms with Crippen LogP contribution in [0.5, 0.6) is 0 Å². The highest BCUT2D eigenvalue weighted by atomic mass is 16.3. The molecular formula is C17H27NO. The summed E-state index contributed by atoms with van der Waals surface area (Å²) in [6, 6.07) is 6.63. The van der Waals surface area contributed by atoms with E-state index in [-0.39, 0.29) is 0 Å². The van der Waals surface area contributed by atoms with Gasteiger partial charge in [-0.15, -0.1) is 0 Å². The third-order valence-electron chi connectivity index (χ3n) is 4.27. The third-order valence-corrected chi connectivity index (χ3v) is 4.27. The minimum atomic E-state index is -0.510. The molecule has 106 valence electrons. The summed E-state index contributed by atoms with van der Waals surface area (Å²) >= 11 is 0. The lowest BCUT2D eigenvalue weighted by Crippen LogP contribution is -2.33. The molecule has 2 heteroatoms. The van der Waals surface area contributed by atoms with Crippen molar-refractivity contribution in [3.05, 3.63) is 34.9 Å². The van der Waals surface area contributed by atoms with Crippen LogP contribution in [-0.4, -0.2) is 35.2 Å². The molecule has 1 aliphatic heterocycles. The first-order chi connectivity index (χ1) is 9.00. The van der Waals surface area contributed by atoms with Crippen molar-refractivity contribution in [2.24, 2.45) is 0 Å². The standard InChI is InChI=1S/C17H27NO/c1-4-18-8-5-6-17(19,7-9-18)13-16-11-14(2)10-15(3)12-16/h10-12,19H,4-9,13H2,1-3H3. The number of likely N-dealkylation sites (tertiary alicyclic amines) is 1. The smallest absolute Gasteiger partial charge is 0.0700 e. The van der Waals surface area contributed by atoms with Gasteiger partial charge in [-0.25, -0.2) is 0 Å². The molecule has 0 radical (unpaired) electrons. The molecule has 0 spiro atoms. The molecule has 1 aliphatic rings. The maximum absolute atomic E-state index is 10.9. The van der Waals surface area contributed by atoms with Crippen LogP contribution in [0.15, 0.2) is 18.2 Å². The van der Waals surface area contributed by atoms with Crippen molar-refractivity contribution in [2.75, 3.05) is 19.6 Å². The van der Waals surface area contributed by atoms with Crippen molar-refractivity contribution in [1.82, 2.24) is 4.90 Å². The summed E-state index contributed by atoms with van der Waals surface area (Å²) in [4.78, 5) is 2.44. The fraction of sp³-hybridized carbons (Fsp3) is 0.647. The molecule has 19 heavy (non-hydrogen) atoms. The molecule has 1 unspecified atom stereocenters. The van der Waals surface area contributed by atoms with Gasteiger partial charge in [-0.1, -0.05) is 36.2 Å². The molecule has 1 saturated heterocycles. The average Bonchev–Trinajstić information content (AvgIpc) is 2.49. The van der Waals surface area contributed by atoms with Gasteiger partial charge in [0.15, 0.2) is 0 Å². The van der Waals surface area contributed by atoms with Crippen LogP contribution in [0.2, 0.25) is 0 Å². The zero-order chi connectivity index (χ0) is 13.9. The van der Waals surface area contributed by atoms with E-state index in [9.17, 15) is 5.11 Å². The van der Waals surface area contributed by atoms with E-state index < -0.39 is 5.60 Å². The van der Waals surface area contributed by atoms with E-state index in [4.69, 9.17) is 0 Å². The Kier molecular flexibility index (Phi) is 4.64. The molecule has 1 N–H and O–H groups in total. The second kappa shape index (κ2) is 6.06. The SMILES string of the molecule is CCN1CCCC(O)(Cc2cc(C)cc(C)c2)CC1. The highest BCUT2D eigenvalue weighted by molar-refractivity contribution is 5.29. The van der Waals surface area contributed by atoms with Crippen molar-refractivity contribution in [1.29, 1.82) is 0 Å². The minimum Gasteiger partial charge on any atom is -0.389 e. The largest absolute Gasteiger partial charge is 0.389 e. The van der Waals surface area contributed by atoms with Crippen molar-refractivity contribution >= 4 is 0 Å². The molecule has 0 bridgehead atoms. The highest BCUT2D eigenvalue weighted by Gasteiger charge is 2.30. The van der Waals surface area contributed by atoms with Gasteiger partial charge >= 0.3 is 0 Å². The van der Waals surface area contributed by atoms with Crippen LogP contribution in [0.1, 0.15) is 42.9 Å². The lowest BCUT2D eigenvalue weighted by atomic mass is 9.87. The topological polar surface area (TPSA) is 23.5 Å². The number of rotatable bonds is 3. The van der Waals surface area contributed by atoms with Crippen molar-refractivity contribution < 1.29 is 5.11 Å². The monoisotopic (exact) mass is 261 g/mol. The van der Waals surface area contributed by atoms with Gasteiger partial charge in [-0.2, -0.15) is 0 Å². The van der Waals surface area contributed by atoms with E-state index in [2.05, 4.69) is 43.9 Å². The zero-order valence-corrected chi connectivity index (χ0v) is 12.6. The van der Waals surface area contributed by atoms with Gasteiger partial charge < -0.3 is 10.0 Å². The van der Waals surface area contributed by atoms with Crippen LogP contribution in [0.25, 0.3) is 0 Å². The van der Waals surface area contributed by atoms with Gasteiger partial charge in [0, 0.05) is 13.0 Å². The molecule has 1 fully saturated rings. The molecular weight excluding hydrogens is 234 g/mol. The fourth-order valence-electron chi connectivity index (χ4n) is 3.28. The molecule has 1 heterocycles. The first-order valence-corrected chi connectivity index (χ1v) is 7.53. The van der Waals surface area contributed by atoms with Crippen molar-refractivity contribution in [2.45, 2.75) is 52.1 Å². The third kappa shape index (κ3) is 4.05. The number of aliphatic hydroxyl groups is 1. The Morgan fingerprint density at radius 2 is 1.79 bits per heavy atom. The predicted octanol–water partition coefficient (Wildman–Crippen LogP) is 3.08. The normalized spacial score (nSPS) is 25.3. The number of nitrogens with zero attached hydrogens (tertiary/aromatic N) is 1. The Labute approximate surface area is 117 Å². The van der Waals surface area contributed by atoms with Crippen LogP contribution in [-0.2, 0) is 6.42 Å². The Morgan fingerprint density at radius 3 is 2.42 bits per heavy atom. The lowest BCUT2D eigenvalue weighted by Gasteiger charge is -2.27. The molecule has 1 aromatic carbocycles. The summed E-state index contributed by atoms with van der Waals surface area (Å²) in [6.07, 6.45) is 3.73. The molecule has 2 rings (SSSR count). The first kappa shape index (κ1) is 14.5. The Morgan fingerprint density at radius 1 is 1.11 bits per heavy atom. The van der Waals surface area contributed by atoms with Gasteiger partial charge in [0.1, 0.15) is 0 Å². The van der Waals surface area contributed by atoms with Crippen molar-refractivity contribution in [3.8, 4) is 0 Å². The second-order valence-electron chi connectivity index (χ2n) is 6.18. The summed E-state index contributed by atoms with van der Waals surface area (Å²) in [7, 11) is 0. The molecule has 1 atom stereocenters. The van der Waals surface area contributed by atoms with E-state index in [1.165, 1.54) is 16.7 Å². The van der Waals surface area contributed by atoms with Gasteiger partial charge in [0.05, 0.1) is 5.60 Å². The molecule has 0 aromatic heterocycles. The zero-order valence-electron chi connectivity index (χ0n) is 12.6. The summed E-state index contributed by atoms with van der Waals surface area (Å²) in [5.41, 5.74) is 3.36. The summed E-state index contributed by atoms with van der Waals surface area (Å²) in [5, 5.41) is 10.9. The molecule has 0 saturated carbocycles. The number of benzene rings is 1. The van der Waals surface area contributed by atoms with E-state index in [0.717, 1.165) is 45.3 Å². The van der Waals surface area contributed by atoms with Crippen LogP contribution in [0.3, 0.4) is 0 Å². The highest BCUT2D eigenvalue weighted by Crippen LogP contribution is 2.27. The molecule has 0 amide bonds. The van der Waals surface area contributed by atoms with Gasteiger partial charge in [-0.3, -0.25) is 0 Å². The van der Waals surface area contributed by atoms with Crippen LogP contribution >= 0.6 is 0 Å². The Hall–Kier alpha value is -0.860. The van der Waals surface area contributed by atoms with Crippen LogP contribution < -0.4 is 0 Å². The second-order valence-corrected chi connectivity index (χ2v) is 6.18. The minimum absolute atomic E-state index is 0.510. The van der Waals surface area contributed by atoms with Gasteiger partial charge in [-0.05, 0) is 51.8 Å². The van der Waals surface area contributed by atoms with Crippen molar-refractivity contribution in [3.63, 3.8) is 0 Å². The number of hydrogen-bond acceptors (Lipinski definition) is 2. The molecule has 1 aromatic rings. The Balaban J connectivity index is 2.07. The predicted molar refractivity (Wildman–Crippen MR) is 80.5 cm³/mol. The van der Waals surface area contributed by atoms with E-state index in [0.29, 0.717) is 0 Å². The first-order valence-electron chi connectivity index (χ1n) is 7.53. The molecule has 0 aliphatic carbocycles. The van der Waals surface area contributed by atoms with Gasteiger partial charge in [0.25, 0.3) is 0 Å². The quantitative estimate of drug-likeness (QED) is 0.904. The Bertz CT molecular complexity index is 409. The fourth-order valence-corrected chi connectivity index (χ4v) is 3.28. The number of hydrogen-bond donors (Lipinski definition) is 1. The van der Waals surface area contributed by atoms with Gasteiger partial charge in [0.2, 0.25) is 0 Å². The van der Waals surface area contributed by atoms with Crippen LogP contribution in [0, 0.1) is 13.8 Å². The summed E-state index contributed by atoms with van der Waals surface area (Å²) < 4.78 is 0. The van der Waals surface area contributed by atoms with E-state index in [1.54, 1.807) is 0 Å². The van der Waals surface area contributed by atoms with Crippen LogP contribution in [0.4, 0.5) is 0 Å². The molecule has 2 nitrogen and oxygen atoms in total. The lowest BCUT2D eigenvalue weighted by molar-refractivity contribution is 0.0258. The maximum Gasteiger partial charge on any atom is 0.0700 e. The average molecular weight is 261 g/mol. The number of aryl methyl sites for hydroxylation is 2. The van der Waals surface area contributed by atoms with E-state index in [1.807, 2.05) is 0 Å². The maximum atomic E-state index is 10.9. The summed E-state index contributed by atoms with van der Waals surface area (Å²) in [5.74, 6) is 0.